The summed E-state index contributed by atoms with van der Waals surface area (Å²) in [6.07, 6.45) is 1.64. The van der Waals surface area contributed by atoms with Gasteiger partial charge in [0.2, 0.25) is 18.4 Å². The molecular formula is C20H17NO5. The maximum Gasteiger partial charge on any atom is 0.363 e. The first-order valence-corrected chi connectivity index (χ1v) is 8.13. The lowest BCUT2D eigenvalue weighted by Crippen LogP contribution is -2.05. The number of aliphatic imine (C=N–C) groups is 1. The first-order valence-electron chi connectivity index (χ1n) is 8.13. The molecule has 0 saturated carbocycles. The smallest absolute Gasteiger partial charge is 0.363 e. The zero-order chi connectivity index (χ0) is 18.3. The fourth-order valence-electron chi connectivity index (χ4n) is 2.80. The predicted octanol–water partition coefficient (Wildman–Crippen LogP) is 3.39. The van der Waals surface area contributed by atoms with Crippen molar-refractivity contribution in [1.82, 2.24) is 0 Å². The van der Waals surface area contributed by atoms with Gasteiger partial charge in [0.1, 0.15) is 0 Å². The first kappa shape index (κ1) is 16.2. The van der Waals surface area contributed by atoms with Gasteiger partial charge in [0.05, 0.1) is 7.11 Å². The number of esters is 1. The number of methoxy groups -OCH3 is 1. The monoisotopic (exact) mass is 351 g/mol. The van der Waals surface area contributed by atoms with Gasteiger partial charge in [-0.05, 0) is 60.9 Å². The summed E-state index contributed by atoms with van der Waals surface area (Å²) in [6.45, 7) is 4.18. The van der Waals surface area contributed by atoms with Crippen LogP contribution in [0.1, 0.15) is 22.3 Å². The molecule has 0 N–H and O–H groups in total. The number of aryl methyl sites for hydroxylation is 2. The van der Waals surface area contributed by atoms with Gasteiger partial charge in [-0.25, -0.2) is 9.79 Å². The predicted molar refractivity (Wildman–Crippen MR) is 95.6 cm³/mol. The molecule has 0 saturated heterocycles. The highest BCUT2D eigenvalue weighted by Gasteiger charge is 2.25. The van der Waals surface area contributed by atoms with E-state index in [1.54, 1.807) is 25.3 Å². The fourth-order valence-corrected chi connectivity index (χ4v) is 2.80. The zero-order valence-corrected chi connectivity index (χ0v) is 14.7. The number of hydrogen-bond acceptors (Lipinski definition) is 6. The van der Waals surface area contributed by atoms with E-state index in [0.717, 1.165) is 11.1 Å². The molecular weight excluding hydrogens is 334 g/mol. The average molecular weight is 351 g/mol. The van der Waals surface area contributed by atoms with Crippen molar-refractivity contribution in [3.8, 4) is 17.2 Å². The van der Waals surface area contributed by atoms with E-state index in [1.165, 1.54) is 5.56 Å². The van der Waals surface area contributed by atoms with E-state index in [2.05, 4.69) is 4.99 Å². The minimum atomic E-state index is -0.491. The van der Waals surface area contributed by atoms with Crippen LogP contribution in [0.5, 0.6) is 17.2 Å². The summed E-state index contributed by atoms with van der Waals surface area (Å²) in [7, 11) is 1.55. The minimum Gasteiger partial charge on any atom is -0.493 e. The van der Waals surface area contributed by atoms with Gasteiger partial charge in [-0.3, -0.25) is 0 Å². The second-order valence-electron chi connectivity index (χ2n) is 6.09. The van der Waals surface area contributed by atoms with Crippen LogP contribution in [0, 0.1) is 13.8 Å². The summed E-state index contributed by atoms with van der Waals surface area (Å²) in [5.74, 6) is 1.48. The van der Waals surface area contributed by atoms with Gasteiger partial charge in [-0.15, -0.1) is 0 Å². The molecule has 132 valence electrons. The third-order valence-electron chi connectivity index (χ3n) is 4.36. The van der Waals surface area contributed by atoms with Crippen LogP contribution in [0.2, 0.25) is 0 Å². The molecule has 0 fully saturated rings. The molecule has 0 unspecified atom stereocenters. The van der Waals surface area contributed by atoms with Crippen molar-refractivity contribution in [2.75, 3.05) is 13.9 Å². The lowest BCUT2D eigenvalue weighted by atomic mass is 10.1. The summed E-state index contributed by atoms with van der Waals surface area (Å²) in [5.41, 5.74) is 3.98. The van der Waals surface area contributed by atoms with Gasteiger partial charge >= 0.3 is 5.97 Å². The Morgan fingerprint density at radius 1 is 1.12 bits per heavy atom. The van der Waals surface area contributed by atoms with Crippen molar-refractivity contribution in [3.63, 3.8) is 0 Å². The standard InChI is InChI=1S/C20H17NO5/c1-11-4-5-14(6-12(11)2)19-21-15(20(22)26-19)7-13-8-16(23-3)18-17(9-13)24-10-25-18/h4-9H,10H2,1-3H3/b15-7-. The normalized spacial score (nSPS) is 16.7. The number of fused-ring (bicyclic) bond motifs is 1. The molecule has 2 heterocycles. The number of nitrogens with zero attached hydrogens (tertiary/aromatic N) is 1. The van der Waals surface area contributed by atoms with Crippen LogP contribution >= 0.6 is 0 Å². The topological polar surface area (TPSA) is 66.4 Å². The summed E-state index contributed by atoms with van der Waals surface area (Å²) < 4.78 is 21.4. The van der Waals surface area contributed by atoms with Gasteiger partial charge in [-0.2, -0.15) is 0 Å². The number of ether oxygens (including phenoxy) is 4. The third kappa shape index (κ3) is 2.79. The Labute approximate surface area is 150 Å². The Morgan fingerprint density at radius 2 is 1.96 bits per heavy atom. The number of cyclic esters (lactones) is 1. The fraction of sp³-hybridized carbons (Fsp3) is 0.200. The first-order chi connectivity index (χ1) is 12.5. The molecule has 4 rings (SSSR count). The molecule has 0 bridgehead atoms. The Kier molecular flexibility index (Phi) is 3.88. The summed E-state index contributed by atoms with van der Waals surface area (Å²) in [6, 6.07) is 9.35. The number of rotatable bonds is 3. The third-order valence-corrected chi connectivity index (χ3v) is 4.36. The van der Waals surface area contributed by atoms with E-state index in [9.17, 15) is 4.79 Å². The molecule has 0 aliphatic carbocycles. The van der Waals surface area contributed by atoms with Gasteiger partial charge in [-0.1, -0.05) is 6.07 Å². The van der Waals surface area contributed by atoms with Gasteiger partial charge in [0.25, 0.3) is 0 Å². The average Bonchev–Trinajstić information content (AvgIpc) is 3.24. The highest BCUT2D eigenvalue weighted by Crippen LogP contribution is 2.42. The highest BCUT2D eigenvalue weighted by molar-refractivity contribution is 6.13. The van der Waals surface area contributed by atoms with Crippen molar-refractivity contribution in [1.29, 1.82) is 0 Å². The number of benzene rings is 2. The van der Waals surface area contributed by atoms with E-state index in [-0.39, 0.29) is 12.5 Å². The highest BCUT2D eigenvalue weighted by atomic mass is 16.7. The Morgan fingerprint density at radius 3 is 2.73 bits per heavy atom. The van der Waals surface area contributed by atoms with Crippen LogP contribution in [0.4, 0.5) is 0 Å². The quantitative estimate of drug-likeness (QED) is 0.626. The molecule has 6 nitrogen and oxygen atoms in total. The lowest BCUT2D eigenvalue weighted by molar-refractivity contribution is -0.129. The number of carbonyl (C=O) groups excluding carboxylic acids is 1. The molecule has 0 atom stereocenters. The Balaban J connectivity index is 1.70. The summed E-state index contributed by atoms with van der Waals surface area (Å²) >= 11 is 0. The maximum absolute atomic E-state index is 12.2. The van der Waals surface area contributed by atoms with Gasteiger partial charge in [0.15, 0.2) is 17.2 Å². The number of carbonyl (C=O) groups is 1. The minimum absolute atomic E-state index is 0.142. The van der Waals surface area contributed by atoms with Crippen LogP contribution in [0.3, 0.4) is 0 Å². The summed E-state index contributed by atoms with van der Waals surface area (Å²) in [5, 5.41) is 0. The van der Waals surface area contributed by atoms with Crippen molar-refractivity contribution in [2.45, 2.75) is 13.8 Å². The van der Waals surface area contributed by atoms with Crippen LogP contribution < -0.4 is 14.2 Å². The van der Waals surface area contributed by atoms with E-state index in [4.69, 9.17) is 18.9 Å². The maximum atomic E-state index is 12.2. The van der Waals surface area contributed by atoms with E-state index >= 15 is 0 Å². The zero-order valence-electron chi connectivity index (χ0n) is 14.7. The van der Waals surface area contributed by atoms with Crippen LogP contribution in [0.25, 0.3) is 6.08 Å². The molecule has 26 heavy (non-hydrogen) atoms. The molecule has 2 aromatic carbocycles. The van der Waals surface area contributed by atoms with Gasteiger partial charge < -0.3 is 18.9 Å². The molecule has 2 aliphatic heterocycles. The number of hydrogen-bond donors (Lipinski definition) is 0. The van der Waals surface area contributed by atoms with Crippen molar-refractivity contribution >= 4 is 17.9 Å². The lowest BCUT2D eigenvalue weighted by Gasteiger charge is -2.05. The van der Waals surface area contributed by atoms with E-state index in [0.29, 0.717) is 28.7 Å². The van der Waals surface area contributed by atoms with Crippen molar-refractivity contribution in [3.05, 3.63) is 58.3 Å². The van der Waals surface area contributed by atoms with Crippen LogP contribution in [-0.2, 0) is 9.53 Å². The molecule has 0 spiro atoms. The van der Waals surface area contributed by atoms with Crippen LogP contribution in [-0.4, -0.2) is 25.8 Å². The second kappa shape index (κ2) is 6.22. The molecule has 0 amide bonds. The Hall–Kier alpha value is -3.28. The Bertz CT molecular complexity index is 974. The van der Waals surface area contributed by atoms with Crippen molar-refractivity contribution < 1.29 is 23.7 Å². The largest absolute Gasteiger partial charge is 0.493 e. The van der Waals surface area contributed by atoms with E-state index in [1.807, 2.05) is 32.0 Å². The second-order valence-corrected chi connectivity index (χ2v) is 6.09. The molecule has 0 radical (unpaired) electrons. The molecule has 2 aromatic rings. The van der Waals surface area contributed by atoms with Gasteiger partial charge in [0, 0.05) is 5.56 Å². The molecule has 0 aromatic heterocycles. The molecule has 2 aliphatic rings. The van der Waals surface area contributed by atoms with Crippen LogP contribution in [0.15, 0.2) is 41.0 Å². The summed E-state index contributed by atoms with van der Waals surface area (Å²) in [4.78, 5) is 16.6. The van der Waals surface area contributed by atoms with E-state index < -0.39 is 5.97 Å². The molecule has 6 heteroatoms. The SMILES string of the molecule is COc1cc(/C=C2\N=C(c3ccc(C)c(C)c3)OC2=O)cc2c1OCO2. The van der Waals surface area contributed by atoms with Crippen molar-refractivity contribution in [2.24, 2.45) is 4.99 Å².